The third-order valence-electron chi connectivity index (χ3n) is 1.90. The van der Waals surface area contributed by atoms with Gasteiger partial charge >= 0.3 is 0 Å². The van der Waals surface area contributed by atoms with Crippen LogP contribution in [-0.4, -0.2) is 18.6 Å². The fourth-order valence-electron chi connectivity index (χ4n) is 1.03. The third kappa shape index (κ3) is 3.62. The van der Waals surface area contributed by atoms with Gasteiger partial charge in [-0.05, 0) is 35.0 Å². The van der Waals surface area contributed by atoms with E-state index in [-0.39, 0.29) is 12.0 Å². The van der Waals surface area contributed by atoms with Gasteiger partial charge in [-0.3, -0.25) is 9.63 Å². The zero-order chi connectivity index (χ0) is 11.3. The summed E-state index contributed by atoms with van der Waals surface area (Å²) in [7, 11) is 0. The Labute approximate surface area is 96.9 Å². The van der Waals surface area contributed by atoms with E-state index in [0.717, 1.165) is 4.47 Å². The lowest BCUT2D eigenvalue weighted by Gasteiger charge is -2.10. The Morgan fingerprint density at radius 3 is 2.87 bits per heavy atom. The van der Waals surface area contributed by atoms with Crippen LogP contribution < -0.4 is 11.2 Å². The highest BCUT2D eigenvalue weighted by Crippen LogP contribution is 2.15. The number of rotatable bonds is 4. The monoisotopic (exact) mass is 272 g/mol. The fourth-order valence-corrected chi connectivity index (χ4v) is 1.49. The van der Waals surface area contributed by atoms with Gasteiger partial charge in [0.25, 0.3) is 5.91 Å². The predicted molar refractivity (Wildman–Crippen MR) is 61.2 cm³/mol. The molecule has 0 radical (unpaired) electrons. The van der Waals surface area contributed by atoms with E-state index in [0.29, 0.717) is 12.1 Å². The first-order valence-corrected chi connectivity index (χ1v) is 5.32. The molecule has 5 heteroatoms. The van der Waals surface area contributed by atoms with Crippen molar-refractivity contribution in [3.8, 4) is 0 Å². The van der Waals surface area contributed by atoms with Crippen LogP contribution in [0.2, 0.25) is 0 Å². The molecule has 0 spiro atoms. The van der Waals surface area contributed by atoms with Gasteiger partial charge in [0, 0.05) is 11.0 Å². The molecule has 0 aromatic heterocycles. The van der Waals surface area contributed by atoms with Crippen LogP contribution >= 0.6 is 15.9 Å². The second-order valence-electron chi connectivity index (χ2n) is 3.14. The van der Waals surface area contributed by atoms with Crippen molar-refractivity contribution in [2.45, 2.75) is 13.0 Å². The van der Waals surface area contributed by atoms with Crippen molar-refractivity contribution in [1.82, 2.24) is 5.32 Å². The Bertz CT molecular complexity index is 344. The number of carbonyl (C=O) groups is 1. The average Bonchev–Trinajstić information content (AvgIpc) is 2.26. The van der Waals surface area contributed by atoms with Crippen molar-refractivity contribution in [3.63, 3.8) is 0 Å². The van der Waals surface area contributed by atoms with Gasteiger partial charge in [-0.2, -0.15) is 0 Å². The molecule has 0 fully saturated rings. The van der Waals surface area contributed by atoms with E-state index in [1.54, 1.807) is 13.0 Å². The quantitative estimate of drug-likeness (QED) is 0.816. The van der Waals surface area contributed by atoms with Crippen molar-refractivity contribution in [2.75, 3.05) is 6.54 Å². The SMILES string of the molecule is CC(CNC(=O)c1ccccc1Br)ON. The maximum Gasteiger partial charge on any atom is 0.252 e. The molecule has 0 heterocycles. The molecule has 1 rings (SSSR count). The van der Waals surface area contributed by atoms with Gasteiger partial charge < -0.3 is 5.32 Å². The Hall–Kier alpha value is -0.910. The van der Waals surface area contributed by atoms with Gasteiger partial charge in [0.15, 0.2) is 0 Å². The molecule has 3 N–H and O–H groups in total. The van der Waals surface area contributed by atoms with E-state index in [1.807, 2.05) is 18.2 Å². The second-order valence-corrected chi connectivity index (χ2v) is 3.99. The molecule has 1 amide bonds. The van der Waals surface area contributed by atoms with E-state index in [9.17, 15) is 4.79 Å². The lowest BCUT2D eigenvalue weighted by Crippen LogP contribution is -2.33. The summed E-state index contributed by atoms with van der Waals surface area (Å²) < 4.78 is 0.767. The predicted octanol–water partition coefficient (Wildman–Crippen LogP) is 1.46. The molecular weight excluding hydrogens is 260 g/mol. The molecule has 82 valence electrons. The maximum absolute atomic E-state index is 11.6. The Kier molecular flexibility index (Phi) is 4.74. The molecule has 0 saturated heterocycles. The van der Waals surface area contributed by atoms with E-state index in [4.69, 9.17) is 5.90 Å². The largest absolute Gasteiger partial charge is 0.349 e. The minimum absolute atomic E-state index is 0.147. The average molecular weight is 273 g/mol. The minimum Gasteiger partial charge on any atom is -0.349 e. The van der Waals surface area contributed by atoms with Crippen LogP contribution in [0.1, 0.15) is 17.3 Å². The summed E-state index contributed by atoms with van der Waals surface area (Å²) >= 11 is 3.30. The summed E-state index contributed by atoms with van der Waals surface area (Å²) in [5, 5.41) is 2.72. The summed E-state index contributed by atoms with van der Waals surface area (Å²) in [5.74, 6) is 4.82. The summed E-state index contributed by atoms with van der Waals surface area (Å²) in [6.07, 6.45) is -0.198. The summed E-state index contributed by atoms with van der Waals surface area (Å²) in [6, 6.07) is 7.22. The van der Waals surface area contributed by atoms with Gasteiger partial charge in [-0.25, -0.2) is 5.90 Å². The van der Waals surface area contributed by atoms with Crippen LogP contribution in [-0.2, 0) is 4.84 Å². The molecule has 1 aromatic rings. The molecule has 15 heavy (non-hydrogen) atoms. The lowest BCUT2D eigenvalue weighted by atomic mass is 10.2. The highest BCUT2D eigenvalue weighted by Gasteiger charge is 2.09. The van der Waals surface area contributed by atoms with E-state index in [2.05, 4.69) is 26.1 Å². The molecule has 1 unspecified atom stereocenters. The number of hydrogen-bond donors (Lipinski definition) is 2. The van der Waals surface area contributed by atoms with Crippen LogP contribution in [0.5, 0.6) is 0 Å². The zero-order valence-electron chi connectivity index (χ0n) is 8.37. The van der Waals surface area contributed by atoms with Crippen molar-refractivity contribution >= 4 is 21.8 Å². The number of nitrogens with two attached hydrogens (primary N) is 1. The number of carbonyl (C=O) groups excluding carboxylic acids is 1. The van der Waals surface area contributed by atoms with E-state index >= 15 is 0 Å². The van der Waals surface area contributed by atoms with Crippen molar-refractivity contribution in [3.05, 3.63) is 34.3 Å². The van der Waals surface area contributed by atoms with Crippen LogP contribution in [0.4, 0.5) is 0 Å². The number of amides is 1. The van der Waals surface area contributed by atoms with Gasteiger partial charge in [-0.15, -0.1) is 0 Å². The number of nitrogens with one attached hydrogen (secondary N) is 1. The normalized spacial score (nSPS) is 12.2. The van der Waals surface area contributed by atoms with Gasteiger partial charge in [0.1, 0.15) is 0 Å². The third-order valence-corrected chi connectivity index (χ3v) is 2.59. The molecular formula is C10H13BrN2O2. The van der Waals surface area contributed by atoms with E-state index in [1.165, 1.54) is 0 Å². The molecule has 0 aliphatic heterocycles. The summed E-state index contributed by atoms with van der Waals surface area (Å²) in [4.78, 5) is 16.2. The molecule has 0 aliphatic rings. The highest BCUT2D eigenvalue weighted by molar-refractivity contribution is 9.10. The fraction of sp³-hybridized carbons (Fsp3) is 0.300. The first-order chi connectivity index (χ1) is 7.15. The lowest BCUT2D eigenvalue weighted by molar-refractivity contribution is 0.0622. The first kappa shape index (κ1) is 12.2. The Morgan fingerprint density at radius 1 is 1.60 bits per heavy atom. The first-order valence-electron chi connectivity index (χ1n) is 4.53. The molecule has 0 aliphatic carbocycles. The molecule has 0 bridgehead atoms. The molecule has 1 atom stereocenters. The number of hydrogen-bond acceptors (Lipinski definition) is 3. The minimum atomic E-state index is -0.198. The molecule has 0 saturated carbocycles. The standard InChI is InChI=1S/C10H13BrN2O2/c1-7(15-12)6-13-10(14)8-4-2-3-5-9(8)11/h2-5,7H,6,12H2,1H3,(H,13,14). The van der Waals surface area contributed by atoms with Gasteiger partial charge in [0.2, 0.25) is 0 Å². The molecule has 1 aromatic carbocycles. The smallest absolute Gasteiger partial charge is 0.252 e. The molecule has 4 nitrogen and oxygen atoms in total. The number of benzene rings is 1. The van der Waals surface area contributed by atoms with E-state index < -0.39 is 0 Å². The number of halogens is 1. The van der Waals surface area contributed by atoms with Gasteiger partial charge in [0.05, 0.1) is 11.7 Å². The Balaban J connectivity index is 2.58. The van der Waals surface area contributed by atoms with Crippen molar-refractivity contribution in [1.29, 1.82) is 0 Å². The Morgan fingerprint density at radius 2 is 2.27 bits per heavy atom. The van der Waals surface area contributed by atoms with Gasteiger partial charge in [-0.1, -0.05) is 12.1 Å². The van der Waals surface area contributed by atoms with Crippen molar-refractivity contribution < 1.29 is 9.63 Å². The zero-order valence-corrected chi connectivity index (χ0v) is 9.95. The highest BCUT2D eigenvalue weighted by atomic mass is 79.9. The van der Waals surface area contributed by atoms with Crippen LogP contribution in [0.15, 0.2) is 28.7 Å². The summed E-state index contributed by atoms with van der Waals surface area (Å²) in [5.41, 5.74) is 0.599. The van der Waals surface area contributed by atoms with Crippen LogP contribution in [0.25, 0.3) is 0 Å². The second kappa shape index (κ2) is 5.85. The van der Waals surface area contributed by atoms with Crippen molar-refractivity contribution in [2.24, 2.45) is 5.90 Å². The van der Waals surface area contributed by atoms with Crippen LogP contribution in [0, 0.1) is 0 Å². The summed E-state index contributed by atoms with van der Waals surface area (Å²) in [6.45, 7) is 2.16. The topological polar surface area (TPSA) is 64.3 Å². The maximum atomic E-state index is 11.6. The van der Waals surface area contributed by atoms with Crippen LogP contribution in [0.3, 0.4) is 0 Å².